The molecule has 3 rings (SSSR count). The van der Waals surface area contributed by atoms with Crippen LogP contribution < -0.4 is 10.5 Å². The second kappa shape index (κ2) is 5.96. The Morgan fingerprint density at radius 3 is 2.79 bits per heavy atom. The summed E-state index contributed by atoms with van der Waals surface area (Å²) in [6.07, 6.45) is 2.61. The summed E-state index contributed by atoms with van der Waals surface area (Å²) in [5.41, 5.74) is 7.93. The zero-order chi connectivity index (χ0) is 17.5. The number of hydrogen-bond acceptors (Lipinski definition) is 4. The first-order valence-corrected chi connectivity index (χ1v) is 8.66. The quantitative estimate of drug-likeness (QED) is 0.922. The number of carbonyl (C=O) groups is 1. The number of hydrogen-bond donors (Lipinski definition) is 1. The zero-order valence-electron chi connectivity index (χ0n) is 15.1. The number of amides is 1. The molecule has 24 heavy (non-hydrogen) atoms. The molecule has 5 heteroatoms. The Hall–Kier alpha value is -1.75. The average molecular weight is 332 g/mol. The van der Waals surface area contributed by atoms with E-state index in [4.69, 9.17) is 15.2 Å². The first-order valence-electron chi connectivity index (χ1n) is 8.66. The molecule has 0 aromatic heterocycles. The molecule has 1 saturated heterocycles. The fraction of sp³-hybridized carbons (Fsp3) is 0.632. The van der Waals surface area contributed by atoms with E-state index < -0.39 is 5.60 Å². The highest BCUT2D eigenvalue weighted by molar-refractivity contribution is 5.70. The van der Waals surface area contributed by atoms with E-state index in [1.807, 2.05) is 31.7 Å². The van der Waals surface area contributed by atoms with Crippen molar-refractivity contribution in [3.05, 3.63) is 29.3 Å². The number of nitrogens with two attached hydrogens (primary N) is 1. The van der Waals surface area contributed by atoms with E-state index >= 15 is 0 Å². The van der Waals surface area contributed by atoms with E-state index in [-0.39, 0.29) is 17.6 Å². The van der Waals surface area contributed by atoms with Gasteiger partial charge in [0.15, 0.2) is 0 Å². The van der Waals surface area contributed by atoms with Gasteiger partial charge in [-0.1, -0.05) is 6.07 Å². The number of carbonyl (C=O) groups excluding carboxylic acids is 1. The van der Waals surface area contributed by atoms with E-state index in [2.05, 4.69) is 12.1 Å². The maximum absolute atomic E-state index is 12.8. The lowest BCUT2D eigenvalue weighted by atomic mass is 9.78. The molecule has 0 bridgehead atoms. The van der Waals surface area contributed by atoms with Crippen molar-refractivity contribution in [2.45, 2.75) is 51.7 Å². The Morgan fingerprint density at radius 2 is 2.17 bits per heavy atom. The molecule has 0 unspecified atom stereocenters. The number of rotatable bonds is 3. The summed E-state index contributed by atoms with van der Waals surface area (Å²) in [6, 6.07) is 6.22. The molecule has 0 saturated carbocycles. The van der Waals surface area contributed by atoms with Gasteiger partial charge in [0.25, 0.3) is 0 Å². The molecule has 1 aliphatic heterocycles. The first kappa shape index (κ1) is 17.1. The Labute approximate surface area is 144 Å². The maximum Gasteiger partial charge on any atom is 0.410 e. The number of fused-ring (bicyclic) bond motifs is 3. The van der Waals surface area contributed by atoms with Crippen molar-refractivity contribution in [1.29, 1.82) is 0 Å². The number of likely N-dealkylation sites (tertiary alicyclic amines) is 1. The Bertz CT molecular complexity index is 638. The van der Waals surface area contributed by atoms with Crippen molar-refractivity contribution in [2.75, 3.05) is 20.2 Å². The lowest BCUT2D eigenvalue weighted by Crippen LogP contribution is -2.38. The van der Waals surface area contributed by atoms with Crippen molar-refractivity contribution in [1.82, 2.24) is 4.90 Å². The van der Waals surface area contributed by atoms with Crippen molar-refractivity contribution in [2.24, 2.45) is 11.1 Å². The van der Waals surface area contributed by atoms with Crippen LogP contribution in [0.1, 0.15) is 50.8 Å². The molecule has 0 radical (unpaired) electrons. The van der Waals surface area contributed by atoms with Gasteiger partial charge in [-0.15, -0.1) is 0 Å². The minimum absolute atomic E-state index is 0.0281. The largest absolute Gasteiger partial charge is 0.497 e. The third-order valence-corrected chi connectivity index (χ3v) is 5.20. The summed E-state index contributed by atoms with van der Waals surface area (Å²) in [7, 11) is 1.67. The third-order valence-electron chi connectivity index (χ3n) is 5.20. The number of ether oxygens (including phenoxy) is 2. The third kappa shape index (κ3) is 2.86. The molecular weight excluding hydrogens is 304 g/mol. The minimum Gasteiger partial charge on any atom is -0.497 e. The fourth-order valence-corrected chi connectivity index (χ4v) is 4.27. The van der Waals surface area contributed by atoms with E-state index in [1.54, 1.807) is 7.11 Å². The fourth-order valence-electron chi connectivity index (χ4n) is 4.27. The minimum atomic E-state index is -0.494. The smallest absolute Gasteiger partial charge is 0.410 e. The molecule has 132 valence electrons. The van der Waals surface area contributed by atoms with Crippen molar-refractivity contribution in [3.8, 4) is 5.75 Å². The Morgan fingerprint density at radius 1 is 1.42 bits per heavy atom. The molecule has 1 aromatic carbocycles. The molecule has 2 aliphatic rings. The van der Waals surface area contributed by atoms with Crippen LogP contribution in [0, 0.1) is 5.41 Å². The molecule has 1 amide bonds. The van der Waals surface area contributed by atoms with Crippen LogP contribution in [0.2, 0.25) is 0 Å². The summed E-state index contributed by atoms with van der Waals surface area (Å²) in [4.78, 5) is 14.7. The highest BCUT2D eigenvalue weighted by Gasteiger charge is 2.54. The van der Waals surface area contributed by atoms with Crippen LogP contribution in [0.4, 0.5) is 4.79 Å². The van der Waals surface area contributed by atoms with Crippen LogP contribution in [-0.4, -0.2) is 36.8 Å². The molecular formula is C19H28N2O3. The first-order chi connectivity index (χ1) is 11.3. The SMILES string of the molecule is COc1ccc2c(c1)[C@H]1N(C(=O)OC(C)(C)C)CC[C@@]1(CCN)C2. The molecule has 5 nitrogen and oxygen atoms in total. The topological polar surface area (TPSA) is 64.8 Å². The second-order valence-corrected chi connectivity index (χ2v) is 7.97. The van der Waals surface area contributed by atoms with Crippen molar-refractivity contribution >= 4 is 6.09 Å². The van der Waals surface area contributed by atoms with Gasteiger partial charge >= 0.3 is 6.09 Å². The van der Waals surface area contributed by atoms with Gasteiger partial charge in [-0.2, -0.15) is 0 Å². The Balaban J connectivity index is 1.98. The standard InChI is InChI=1S/C19H28N2O3/c1-18(2,3)24-17(22)21-10-8-19(7-9-20)12-13-5-6-14(23-4)11-15(13)16(19)21/h5-6,11,16H,7-10,12,20H2,1-4H3/t16-,19+/m1/s1. The van der Waals surface area contributed by atoms with Gasteiger partial charge in [-0.05, 0) is 69.8 Å². The van der Waals surface area contributed by atoms with Crippen LogP contribution in [0.3, 0.4) is 0 Å². The van der Waals surface area contributed by atoms with Crippen LogP contribution in [-0.2, 0) is 11.2 Å². The molecule has 1 aliphatic carbocycles. The van der Waals surface area contributed by atoms with Gasteiger partial charge in [-0.25, -0.2) is 4.79 Å². The highest BCUT2D eigenvalue weighted by atomic mass is 16.6. The van der Waals surface area contributed by atoms with E-state index in [0.717, 1.165) is 31.6 Å². The van der Waals surface area contributed by atoms with Gasteiger partial charge in [0.2, 0.25) is 0 Å². The van der Waals surface area contributed by atoms with Gasteiger partial charge in [0.05, 0.1) is 13.2 Å². The second-order valence-electron chi connectivity index (χ2n) is 7.97. The van der Waals surface area contributed by atoms with Crippen LogP contribution in [0.5, 0.6) is 5.75 Å². The summed E-state index contributed by atoms with van der Waals surface area (Å²) >= 11 is 0. The van der Waals surface area contributed by atoms with Crippen LogP contribution in [0.25, 0.3) is 0 Å². The van der Waals surface area contributed by atoms with Gasteiger partial charge < -0.3 is 20.1 Å². The summed E-state index contributed by atoms with van der Waals surface area (Å²) < 4.78 is 11.0. The molecule has 1 fully saturated rings. The summed E-state index contributed by atoms with van der Waals surface area (Å²) in [5, 5.41) is 0. The highest BCUT2D eigenvalue weighted by Crippen LogP contribution is 2.57. The molecule has 0 spiro atoms. The van der Waals surface area contributed by atoms with Crippen LogP contribution in [0.15, 0.2) is 18.2 Å². The van der Waals surface area contributed by atoms with Crippen molar-refractivity contribution < 1.29 is 14.3 Å². The summed E-state index contributed by atoms with van der Waals surface area (Å²) in [5.74, 6) is 0.827. The number of methoxy groups -OCH3 is 1. The van der Waals surface area contributed by atoms with E-state index in [0.29, 0.717) is 6.54 Å². The normalized spacial score (nSPS) is 25.4. The van der Waals surface area contributed by atoms with Crippen LogP contribution >= 0.6 is 0 Å². The molecule has 1 aromatic rings. The number of nitrogens with zero attached hydrogens (tertiary/aromatic N) is 1. The summed E-state index contributed by atoms with van der Waals surface area (Å²) in [6.45, 7) is 7.05. The van der Waals surface area contributed by atoms with Gasteiger partial charge in [0.1, 0.15) is 11.4 Å². The predicted octanol–water partition coefficient (Wildman–Crippen LogP) is 3.27. The Kier molecular flexibility index (Phi) is 4.24. The molecule has 2 N–H and O–H groups in total. The van der Waals surface area contributed by atoms with Crippen molar-refractivity contribution in [3.63, 3.8) is 0 Å². The monoisotopic (exact) mass is 332 g/mol. The molecule has 1 heterocycles. The lowest BCUT2D eigenvalue weighted by molar-refractivity contribution is 0.0169. The van der Waals surface area contributed by atoms with E-state index in [1.165, 1.54) is 11.1 Å². The zero-order valence-corrected chi connectivity index (χ0v) is 15.1. The predicted molar refractivity (Wildman–Crippen MR) is 93.1 cm³/mol. The maximum atomic E-state index is 12.8. The molecule has 2 atom stereocenters. The lowest BCUT2D eigenvalue weighted by Gasteiger charge is -2.33. The van der Waals surface area contributed by atoms with Gasteiger partial charge in [0, 0.05) is 12.0 Å². The van der Waals surface area contributed by atoms with Gasteiger partial charge in [-0.3, -0.25) is 0 Å². The average Bonchev–Trinajstić information content (AvgIpc) is 2.99. The number of benzene rings is 1. The van der Waals surface area contributed by atoms with E-state index in [9.17, 15) is 4.79 Å².